The van der Waals surface area contributed by atoms with Gasteiger partial charge in [0.25, 0.3) is 0 Å². The van der Waals surface area contributed by atoms with Crippen molar-refractivity contribution in [3.8, 4) is 0 Å². The number of carboxylic acids is 1. The molecule has 0 radical (unpaired) electrons. The molecule has 1 rings (SSSR count). The zero-order chi connectivity index (χ0) is 10.9. The lowest BCUT2D eigenvalue weighted by Gasteiger charge is -2.14. The van der Waals surface area contributed by atoms with Crippen molar-refractivity contribution in [2.24, 2.45) is 5.73 Å². The zero-order valence-corrected chi connectivity index (χ0v) is 8.11. The van der Waals surface area contributed by atoms with Crippen molar-refractivity contribution in [3.63, 3.8) is 0 Å². The third-order valence-electron chi connectivity index (χ3n) is 2.13. The van der Waals surface area contributed by atoms with Crippen LogP contribution in [0.4, 0.5) is 0 Å². The number of nitrogens with two attached hydrogens (primary N) is 1. The summed E-state index contributed by atoms with van der Waals surface area (Å²) in [6.45, 7) is 3.59. The van der Waals surface area contributed by atoms with E-state index in [4.69, 9.17) is 10.8 Å². The summed E-state index contributed by atoms with van der Waals surface area (Å²) in [6.07, 6.45) is -1.17. The van der Waals surface area contributed by atoms with Gasteiger partial charge in [-0.25, -0.2) is 0 Å². The van der Waals surface area contributed by atoms with Gasteiger partial charge in [-0.2, -0.15) is 0 Å². The molecule has 2 atom stereocenters. The minimum atomic E-state index is -1.29. The van der Waals surface area contributed by atoms with E-state index in [1.807, 2.05) is 6.92 Å². The van der Waals surface area contributed by atoms with Crippen LogP contribution in [0.5, 0.6) is 0 Å². The Morgan fingerprint density at radius 3 is 2.50 bits per heavy atom. The number of aliphatic hydroxyl groups is 1. The van der Waals surface area contributed by atoms with E-state index in [1.165, 1.54) is 0 Å². The van der Waals surface area contributed by atoms with Gasteiger partial charge in [0.1, 0.15) is 12.1 Å². The molecule has 0 amide bonds. The smallest absolute Gasteiger partial charge is 0.323 e. The number of aryl methyl sites for hydroxylation is 2. The Bertz CT molecular complexity index is 346. The van der Waals surface area contributed by atoms with E-state index in [9.17, 15) is 9.90 Å². The van der Waals surface area contributed by atoms with Crippen molar-refractivity contribution < 1.29 is 15.0 Å². The number of aliphatic hydroxyl groups excluding tert-OH is 1. The molecular weight excluding hydrogens is 184 g/mol. The fraction of sp³-hybridized carbons (Fsp3) is 0.444. The van der Waals surface area contributed by atoms with Gasteiger partial charge in [-0.3, -0.25) is 4.79 Å². The summed E-state index contributed by atoms with van der Waals surface area (Å²) in [7, 11) is 0. The topological polar surface area (TPSA) is 99.3 Å². The van der Waals surface area contributed by atoms with Gasteiger partial charge in [0, 0.05) is 17.0 Å². The molecule has 0 saturated carbocycles. The lowest BCUT2D eigenvalue weighted by atomic mass is 10.0. The molecule has 0 bridgehead atoms. The lowest BCUT2D eigenvalue weighted by Crippen LogP contribution is -2.36. The monoisotopic (exact) mass is 198 g/mol. The number of hydrogen-bond acceptors (Lipinski definition) is 3. The van der Waals surface area contributed by atoms with Crippen molar-refractivity contribution in [3.05, 3.63) is 23.0 Å². The zero-order valence-electron chi connectivity index (χ0n) is 8.11. The molecule has 0 aromatic carbocycles. The average Bonchev–Trinajstić information content (AvgIpc) is 2.42. The SMILES string of the molecule is Cc1cc(C(O)C(N)C(=O)O)c(C)[nH]1. The molecule has 0 fully saturated rings. The maximum Gasteiger partial charge on any atom is 0.323 e. The van der Waals surface area contributed by atoms with E-state index in [0.29, 0.717) is 5.56 Å². The Morgan fingerprint density at radius 2 is 2.14 bits per heavy atom. The Morgan fingerprint density at radius 1 is 1.57 bits per heavy atom. The number of nitrogens with one attached hydrogen (secondary N) is 1. The summed E-state index contributed by atoms with van der Waals surface area (Å²) in [5.74, 6) is -1.21. The quantitative estimate of drug-likeness (QED) is 0.552. The summed E-state index contributed by atoms with van der Waals surface area (Å²) in [5, 5.41) is 18.2. The number of carbonyl (C=O) groups is 1. The number of hydrogen-bond donors (Lipinski definition) is 4. The second kappa shape index (κ2) is 3.81. The summed E-state index contributed by atoms with van der Waals surface area (Å²) in [5.41, 5.74) is 7.46. The van der Waals surface area contributed by atoms with Gasteiger partial charge in [0.2, 0.25) is 0 Å². The fourth-order valence-electron chi connectivity index (χ4n) is 1.38. The first-order chi connectivity index (χ1) is 6.43. The van der Waals surface area contributed by atoms with E-state index in [1.54, 1.807) is 13.0 Å². The predicted octanol–water partition coefficient (Wildman–Crippen LogP) is 0.0768. The molecule has 5 nitrogen and oxygen atoms in total. The molecule has 1 aromatic heterocycles. The van der Waals surface area contributed by atoms with Crippen molar-refractivity contribution in [2.45, 2.75) is 26.0 Å². The van der Waals surface area contributed by atoms with Gasteiger partial charge >= 0.3 is 5.97 Å². The Kier molecular flexibility index (Phi) is 2.93. The number of H-pyrrole nitrogens is 1. The summed E-state index contributed by atoms with van der Waals surface area (Å²) < 4.78 is 0. The van der Waals surface area contributed by atoms with Crippen molar-refractivity contribution in [2.75, 3.05) is 0 Å². The summed E-state index contributed by atoms with van der Waals surface area (Å²) in [6, 6.07) is 0.409. The van der Waals surface area contributed by atoms with Gasteiger partial charge in [-0.1, -0.05) is 0 Å². The Balaban J connectivity index is 2.94. The summed E-state index contributed by atoms with van der Waals surface area (Å²) in [4.78, 5) is 13.5. The fourth-order valence-corrected chi connectivity index (χ4v) is 1.38. The lowest BCUT2D eigenvalue weighted by molar-refractivity contribution is -0.141. The number of carboxylic acid groups (broad SMARTS) is 1. The van der Waals surface area contributed by atoms with E-state index >= 15 is 0 Å². The Labute approximate surface area is 81.6 Å². The molecule has 0 aliphatic carbocycles. The summed E-state index contributed by atoms with van der Waals surface area (Å²) >= 11 is 0. The van der Waals surface area contributed by atoms with Gasteiger partial charge in [-0.05, 0) is 19.9 Å². The molecular formula is C9H14N2O3. The average molecular weight is 198 g/mol. The number of aromatic amines is 1. The number of aliphatic carboxylic acids is 1. The molecule has 78 valence electrons. The Hall–Kier alpha value is -1.33. The molecule has 0 spiro atoms. The third-order valence-corrected chi connectivity index (χ3v) is 2.13. The molecule has 0 aliphatic rings. The first kappa shape index (κ1) is 10.7. The van der Waals surface area contributed by atoms with Crippen LogP contribution in [0, 0.1) is 13.8 Å². The molecule has 14 heavy (non-hydrogen) atoms. The van der Waals surface area contributed by atoms with E-state index in [0.717, 1.165) is 11.4 Å². The van der Waals surface area contributed by atoms with Gasteiger partial charge in [-0.15, -0.1) is 0 Å². The molecule has 0 saturated heterocycles. The van der Waals surface area contributed by atoms with Gasteiger partial charge in [0.15, 0.2) is 0 Å². The largest absolute Gasteiger partial charge is 0.480 e. The highest BCUT2D eigenvalue weighted by molar-refractivity contribution is 5.74. The van der Waals surface area contributed by atoms with Crippen LogP contribution >= 0.6 is 0 Å². The first-order valence-corrected chi connectivity index (χ1v) is 4.26. The molecule has 5 heteroatoms. The van der Waals surface area contributed by atoms with Crippen molar-refractivity contribution in [1.82, 2.24) is 4.98 Å². The second-order valence-corrected chi connectivity index (χ2v) is 3.34. The van der Waals surface area contributed by atoms with Crippen LogP contribution in [0.1, 0.15) is 23.1 Å². The maximum atomic E-state index is 10.5. The van der Waals surface area contributed by atoms with Crippen LogP contribution in [-0.2, 0) is 4.79 Å². The molecule has 2 unspecified atom stereocenters. The highest BCUT2D eigenvalue weighted by Crippen LogP contribution is 2.20. The molecule has 1 heterocycles. The molecule has 0 aliphatic heterocycles. The minimum absolute atomic E-state index is 0.539. The first-order valence-electron chi connectivity index (χ1n) is 4.26. The van der Waals surface area contributed by atoms with E-state index in [-0.39, 0.29) is 0 Å². The van der Waals surface area contributed by atoms with Crippen molar-refractivity contribution >= 4 is 5.97 Å². The maximum absolute atomic E-state index is 10.5. The number of rotatable bonds is 3. The normalized spacial score (nSPS) is 15.1. The van der Waals surface area contributed by atoms with Crippen LogP contribution in [0.15, 0.2) is 6.07 Å². The van der Waals surface area contributed by atoms with Crippen LogP contribution in [0.3, 0.4) is 0 Å². The highest BCUT2D eigenvalue weighted by atomic mass is 16.4. The standard InChI is InChI=1S/C9H14N2O3/c1-4-3-6(5(2)11-4)8(12)7(10)9(13)14/h3,7-8,11-12H,10H2,1-2H3,(H,13,14). The van der Waals surface area contributed by atoms with Crippen LogP contribution < -0.4 is 5.73 Å². The van der Waals surface area contributed by atoms with E-state index in [2.05, 4.69) is 4.98 Å². The predicted molar refractivity (Wildman–Crippen MR) is 50.8 cm³/mol. The van der Waals surface area contributed by atoms with Crippen LogP contribution in [0.25, 0.3) is 0 Å². The third kappa shape index (κ3) is 1.94. The van der Waals surface area contributed by atoms with Crippen LogP contribution in [0.2, 0.25) is 0 Å². The van der Waals surface area contributed by atoms with E-state index < -0.39 is 18.1 Å². The van der Waals surface area contributed by atoms with Gasteiger partial charge < -0.3 is 20.9 Å². The second-order valence-electron chi connectivity index (χ2n) is 3.34. The highest BCUT2D eigenvalue weighted by Gasteiger charge is 2.25. The van der Waals surface area contributed by atoms with Gasteiger partial charge in [0.05, 0.1) is 0 Å². The number of aromatic nitrogens is 1. The minimum Gasteiger partial charge on any atom is -0.480 e. The molecule has 1 aromatic rings. The van der Waals surface area contributed by atoms with Crippen molar-refractivity contribution in [1.29, 1.82) is 0 Å². The van der Waals surface area contributed by atoms with Crippen LogP contribution in [-0.4, -0.2) is 27.2 Å². The molecule has 5 N–H and O–H groups in total.